The maximum absolute atomic E-state index is 14.0. The Morgan fingerprint density at radius 3 is 2.19 bits per heavy atom. The molecule has 37 heavy (non-hydrogen) atoms. The monoisotopic (exact) mass is 509 g/mol. The van der Waals surface area contributed by atoms with Gasteiger partial charge in [-0.3, -0.25) is 9.59 Å². The zero-order valence-corrected chi connectivity index (χ0v) is 22.8. The molecule has 2 atom stereocenters. The summed E-state index contributed by atoms with van der Waals surface area (Å²) in [6, 6.07) is 12.4. The number of hydrogen-bond acceptors (Lipinski definition) is 5. The summed E-state index contributed by atoms with van der Waals surface area (Å²) in [7, 11) is 1.57. The van der Waals surface area contributed by atoms with Crippen LogP contribution in [0.5, 0.6) is 5.75 Å². The summed E-state index contributed by atoms with van der Waals surface area (Å²) in [5, 5.41) is 5.62. The summed E-state index contributed by atoms with van der Waals surface area (Å²) >= 11 is 0. The molecule has 8 heteroatoms. The lowest BCUT2D eigenvalue weighted by Crippen LogP contribution is -2.54. The van der Waals surface area contributed by atoms with E-state index in [1.807, 2.05) is 45.0 Å². The van der Waals surface area contributed by atoms with Crippen LogP contribution in [0.1, 0.15) is 51.8 Å². The standard InChI is InChI=1S/C29H39N3O5/c1-9-18-32(27(34)24(19(2)3)31-28(35)37-29(5,6)7)25(23-13-11-10-12-20(23)4)26(33)30-21-14-16-22(36-8)17-15-21/h9-17,19,24-25H,1,18H2,2-8H3,(H,30,33)(H,31,35). The van der Waals surface area contributed by atoms with Crippen molar-refractivity contribution in [3.05, 3.63) is 72.3 Å². The molecule has 0 saturated carbocycles. The minimum absolute atomic E-state index is 0.0904. The van der Waals surface area contributed by atoms with Gasteiger partial charge in [-0.2, -0.15) is 0 Å². The second-order valence-electron chi connectivity index (χ2n) is 10.1. The van der Waals surface area contributed by atoms with Crippen LogP contribution in [-0.4, -0.2) is 48.1 Å². The van der Waals surface area contributed by atoms with E-state index >= 15 is 0 Å². The predicted molar refractivity (Wildman–Crippen MR) is 145 cm³/mol. The Balaban J connectivity index is 2.48. The second kappa shape index (κ2) is 12.9. The largest absolute Gasteiger partial charge is 0.497 e. The first kappa shape index (κ1) is 29.4. The van der Waals surface area contributed by atoms with Crippen LogP contribution in [0.4, 0.5) is 10.5 Å². The van der Waals surface area contributed by atoms with Crippen LogP contribution >= 0.6 is 0 Å². The number of carbonyl (C=O) groups excluding carboxylic acids is 3. The number of anilines is 1. The SMILES string of the molecule is C=CCN(C(=O)C(NC(=O)OC(C)(C)C)C(C)C)C(C(=O)Nc1ccc(OC)cc1)c1ccccc1C. The molecule has 0 fully saturated rings. The molecule has 0 spiro atoms. The molecule has 0 heterocycles. The van der Waals surface area contributed by atoms with Crippen molar-refractivity contribution in [1.82, 2.24) is 10.2 Å². The number of aryl methyl sites for hydroxylation is 1. The molecule has 0 aliphatic rings. The summed E-state index contributed by atoms with van der Waals surface area (Å²) in [5.41, 5.74) is 1.35. The Morgan fingerprint density at radius 1 is 1.05 bits per heavy atom. The van der Waals surface area contributed by atoms with Crippen molar-refractivity contribution in [3.8, 4) is 5.75 Å². The molecule has 2 unspecified atom stereocenters. The maximum atomic E-state index is 14.0. The van der Waals surface area contributed by atoms with Gasteiger partial charge in [0.1, 0.15) is 23.4 Å². The highest BCUT2D eigenvalue weighted by Crippen LogP contribution is 2.28. The summed E-state index contributed by atoms with van der Waals surface area (Å²) in [6.45, 7) is 14.7. The average Bonchev–Trinajstić information content (AvgIpc) is 2.82. The first-order chi connectivity index (χ1) is 17.4. The van der Waals surface area contributed by atoms with E-state index in [-0.39, 0.29) is 12.5 Å². The number of nitrogens with zero attached hydrogens (tertiary/aromatic N) is 1. The Bertz CT molecular complexity index is 1090. The molecule has 8 nitrogen and oxygen atoms in total. The molecule has 0 saturated heterocycles. The van der Waals surface area contributed by atoms with E-state index in [9.17, 15) is 14.4 Å². The van der Waals surface area contributed by atoms with E-state index in [2.05, 4.69) is 17.2 Å². The maximum Gasteiger partial charge on any atom is 0.408 e. The Hall–Kier alpha value is -3.81. The number of methoxy groups -OCH3 is 1. The van der Waals surface area contributed by atoms with Crippen LogP contribution in [0.25, 0.3) is 0 Å². The molecule has 2 aromatic rings. The van der Waals surface area contributed by atoms with Gasteiger partial charge in [0.05, 0.1) is 7.11 Å². The van der Waals surface area contributed by atoms with Crippen LogP contribution < -0.4 is 15.4 Å². The molecule has 2 rings (SSSR count). The average molecular weight is 510 g/mol. The molecule has 0 radical (unpaired) electrons. The van der Waals surface area contributed by atoms with Gasteiger partial charge in [-0.25, -0.2) is 4.79 Å². The zero-order chi connectivity index (χ0) is 27.8. The van der Waals surface area contributed by atoms with Gasteiger partial charge in [0.25, 0.3) is 5.91 Å². The third kappa shape index (κ3) is 8.37. The van der Waals surface area contributed by atoms with Crippen molar-refractivity contribution >= 4 is 23.6 Å². The molecule has 0 aliphatic carbocycles. The number of hydrogen-bond donors (Lipinski definition) is 2. The third-order valence-electron chi connectivity index (χ3n) is 5.61. The predicted octanol–water partition coefficient (Wildman–Crippen LogP) is 5.25. The number of benzene rings is 2. The van der Waals surface area contributed by atoms with Crippen molar-refractivity contribution in [3.63, 3.8) is 0 Å². The van der Waals surface area contributed by atoms with E-state index in [0.29, 0.717) is 17.0 Å². The van der Waals surface area contributed by atoms with Gasteiger partial charge in [0.15, 0.2) is 0 Å². The van der Waals surface area contributed by atoms with Crippen molar-refractivity contribution in [2.24, 2.45) is 5.92 Å². The lowest BCUT2D eigenvalue weighted by atomic mass is 9.96. The lowest BCUT2D eigenvalue weighted by molar-refractivity contribution is -0.141. The molecule has 200 valence electrons. The molecule has 3 amide bonds. The minimum Gasteiger partial charge on any atom is -0.497 e. The van der Waals surface area contributed by atoms with Crippen LogP contribution in [0.3, 0.4) is 0 Å². The highest BCUT2D eigenvalue weighted by molar-refractivity contribution is 5.99. The molecular formula is C29H39N3O5. The smallest absolute Gasteiger partial charge is 0.408 e. The van der Waals surface area contributed by atoms with Gasteiger partial charge in [-0.1, -0.05) is 44.2 Å². The summed E-state index contributed by atoms with van der Waals surface area (Å²) in [5.74, 6) is -0.423. The van der Waals surface area contributed by atoms with Gasteiger partial charge in [-0.05, 0) is 69.0 Å². The fourth-order valence-electron chi connectivity index (χ4n) is 3.82. The van der Waals surface area contributed by atoms with E-state index < -0.39 is 35.6 Å². The van der Waals surface area contributed by atoms with Crippen LogP contribution in [0, 0.1) is 12.8 Å². The molecule has 0 bridgehead atoms. The van der Waals surface area contributed by atoms with Crippen LogP contribution in [0.15, 0.2) is 61.2 Å². The number of alkyl carbamates (subject to hydrolysis) is 1. The van der Waals surface area contributed by atoms with Crippen molar-refractivity contribution in [2.45, 2.75) is 59.2 Å². The Labute approximate surface area is 220 Å². The molecular weight excluding hydrogens is 470 g/mol. The first-order valence-electron chi connectivity index (χ1n) is 12.3. The van der Waals surface area contributed by atoms with Gasteiger partial charge in [0, 0.05) is 12.2 Å². The van der Waals surface area contributed by atoms with Crippen LogP contribution in [-0.2, 0) is 14.3 Å². The van der Waals surface area contributed by atoms with Gasteiger partial charge in [0.2, 0.25) is 5.91 Å². The minimum atomic E-state index is -0.976. The fourth-order valence-corrected chi connectivity index (χ4v) is 3.82. The number of ether oxygens (including phenoxy) is 2. The van der Waals surface area contributed by atoms with Gasteiger partial charge in [-0.15, -0.1) is 6.58 Å². The number of amides is 3. The molecule has 2 aromatic carbocycles. The molecule has 0 aliphatic heterocycles. The normalized spacial score (nSPS) is 12.8. The Kier molecular flexibility index (Phi) is 10.3. The van der Waals surface area contributed by atoms with E-state index in [1.165, 1.54) is 4.90 Å². The number of nitrogens with one attached hydrogen (secondary N) is 2. The number of carbonyl (C=O) groups is 3. The summed E-state index contributed by atoms with van der Waals surface area (Å²) < 4.78 is 10.6. The van der Waals surface area contributed by atoms with Gasteiger partial charge >= 0.3 is 6.09 Å². The van der Waals surface area contributed by atoms with Crippen LogP contribution in [0.2, 0.25) is 0 Å². The Morgan fingerprint density at radius 2 is 1.68 bits per heavy atom. The zero-order valence-electron chi connectivity index (χ0n) is 22.8. The third-order valence-corrected chi connectivity index (χ3v) is 5.61. The highest BCUT2D eigenvalue weighted by atomic mass is 16.6. The van der Waals surface area contributed by atoms with Crippen molar-refractivity contribution in [1.29, 1.82) is 0 Å². The molecule has 2 N–H and O–H groups in total. The van der Waals surface area contributed by atoms with Gasteiger partial charge < -0.3 is 25.0 Å². The first-order valence-corrected chi connectivity index (χ1v) is 12.3. The second-order valence-corrected chi connectivity index (χ2v) is 10.1. The quantitative estimate of drug-likeness (QED) is 0.427. The highest BCUT2D eigenvalue weighted by Gasteiger charge is 2.37. The van der Waals surface area contributed by atoms with E-state index in [1.54, 1.807) is 58.2 Å². The summed E-state index contributed by atoms with van der Waals surface area (Å²) in [4.78, 5) is 41.7. The van der Waals surface area contributed by atoms with E-state index in [4.69, 9.17) is 9.47 Å². The van der Waals surface area contributed by atoms with Crippen molar-refractivity contribution < 1.29 is 23.9 Å². The summed E-state index contributed by atoms with van der Waals surface area (Å²) in [6.07, 6.45) is 0.863. The van der Waals surface area contributed by atoms with E-state index in [0.717, 1.165) is 5.56 Å². The van der Waals surface area contributed by atoms with Crippen molar-refractivity contribution in [2.75, 3.05) is 19.0 Å². The topological polar surface area (TPSA) is 97.0 Å². The number of rotatable bonds is 10. The molecule has 0 aromatic heterocycles. The fraction of sp³-hybridized carbons (Fsp3) is 0.414. The lowest BCUT2D eigenvalue weighted by Gasteiger charge is -2.35.